The normalized spacial score (nSPS) is 18.8. The maximum atomic E-state index is 12.6. The lowest BCUT2D eigenvalue weighted by atomic mass is 9.90. The van der Waals surface area contributed by atoms with E-state index in [4.69, 9.17) is 0 Å². The molecule has 1 aromatic carbocycles. The molecule has 1 aliphatic heterocycles. The van der Waals surface area contributed by atoms with Crippen LogP contribution in [0.2, 0.25) is 0 Å². The molecule has 0 radical (unpaired) electrons. The molecule has 1 aromatic heterocycles. The monoisotopic (exact) mass is 398 g/mol. The lowest BCUT2D eigenvalue weighted by molar-refractivity contribution is -0.121. The van der Waals surface area contributed by atoms with Crippen LogP contribution < -0.4 is 5.32 Å². The molecule has 2 aliphatic rings. The average molecular weight is 399 g/mol. The summed E-state index contributed by atoms with van der Waals surface area (Å²) < 4.78 is 0. The number of nitrogens with one attached hydrogen (secondary N) is 1. The van der Waals surface area contributed by atoms with Crippen LogP contribution in [0.1, 0.15) is 66.2 Å². The molecular weight excluding hydrogens is 372 g/mol. The van der Waals surface area contributed by atoms with Crippen LogP contribution in [0, 0.1) is 5.92 Å². The third-order valence-corrected chi connectivity index (χ3v) is 6.80. The predicted molar refractivity (Wildman–Crippen MR) is 109 cm³/mol. The van der Waals surface area contributed by atoms with Crippen molar-refractivity contribution in [1.29, 1.82) is 0 Å². The van der Waals surface area contributed by atoms with E-state index in [0.717, 1.165) is 5.01 Å². The minimum atomic E-state index is -0.0816. The summed E-state index contributed by atoms with van der Waals surface area (Å²) in [6.45, 7) is 1.21. The Labute approximate surface area is 169 Å². The second kappa shape index (κ2) is 8.82. The lowest BCUT2D eigenvalue weighted by Gasteiger charge is -2.31. The molecule has 28 heavy (non-hydrogen) atoms. The Morgan fingerprint density at radius 3 is 2.39 bits per heavy atom. The van der Waals surface area contributed by atoms with E-state index in [2.05, 4.69) is 15.5 Å². The molecule has 0 unspecified atom stereocenters. The minimum absolute atomic E-state index is 0.00171. The van der Waals surface area contributed by atoms with E-state index in [9.17, 15) is 9.59 Å². The van der Waals surface area contributed by atoms with Gasteiger partial charge in [0.05, 0.1) is 0 Å². The highest BCUT2D eigenvalue weighted by molar-refractivity contribution is 7.15. The van der Waals surface area contributed by atoms with E-state index >= 15 is 0 Å². The third-order valence-electron chi connectivity index (χ3n) is 5.80. The molecule has 2 fully saturated rings. The number of amides is 2. The summed E-state index contributed by atoms with van der Waals surface area (Å²) in [5.41, 5.74) is 0.703. The molecule has 4 rings (SSSR count). The summed E-state index contributed by atoms with van der Waals surface area (Å²) in [6, 6.07) is 9.32. The first-order valence-electron chi connectivity index (χ1n) is 10.2. The van der Waals surface area contributed by atoms with E-state index in [0.29, 0.717) is 42.5 Å². The number of likely N-dealkylation sites (tertiary alicyclic amines) is 1. The quantitative estimate of drug-likeness (QED) is 0.842. The van der Waals surface area contributed by atoms with Gasteiger partial charge in [-0.15, -0.1) is 10.2 Å². The van der Waals surface area contributed by atoms with Crippen LogP contribution in [0.5, 0.6) is 0 Å². The van der Waals surface area contributed by atoms with E-state index in [1.54, 1.807) is 0 Å². The summed E-state index contributed by atoms with van der Waals surface area (Å²) in [4.78, 5) is 27.0. The zero-order valence-electron chi connectivity index (χ0n) is 16.0. The highest BCUT2D eigenvalue weighted by Gasteiger charge is 2.28. The first-order valence-corrected chi connectivity index (χ1v) is 11.0. The number of rotatable bonds is 4. The fraction of sp³-hybridized carbons (Fsp3) is 0.524. The van der Waals surface area contributed by atoms with Crippen molar-refractivity contribution in [3.63, 3.8) is 0 Å². The minimum Gasteiger partial charge on any atom is -0.339 e. The van der Waals surface area contributed by atoms with Gasteiger partial charge in [0.2, 0.25) is 11.0 Å². The van der Waals surface area contributed by atoms with Crippen molar-refractivity contribution in [2.24, 2.45) is 5.92 Å². The summed E-state index contributed by atoms with van der Waals surface area (Å²) >= 11 is 1.52. The summed E-state index contributed by atoms with van der Waals surface area (Å²) in [6.07, 6.45) is 7.53. The summed E-state index contributed by atoms with van der Waals surface area (Å²) in [5, 5.41) is 13.1. The number of carbonyl (C=O) groups is 2. The number of aromatic nitrogens is 2. The standard InChI is InChI=1S/C21H26N4O2S/c26-18(22-21-24-23-19(28-21)16-7-3-1-4-8-16)15-11-13-25(14-12-15)20(27)17-9-5-2-6-10-17/h2,5-6,9-10,15-16H,1,3-4,7-8,11-14H2,(H,22,24,26). The fourth-order valence-corrected chi connectivity index (χ4v) is 5.03. The smallest absolute Gasteiger partial charge is 0.253 e. The number of carbonyl (C=O) groups excluding carboxylic acids is 2. The molecule has 1 saturated carbocycles. The van der Waals surface area contributed by atoms with Gasteiger partial charge >= 0.3 is 0 Å². The van der Waals surface area contributed by atoms with Gasteiger partial charge in [-0.3, -0.25) is 9.59 Å². The molecule has 0 spiro atoms. The molecule has 2 aromatic rings. The Bertz CT molecular complexity index is 809. The van der Waals surface area contributed by atoms with Gasteiger partial charge in [-0.2, -0.15) is 0 Å². The Morgan fingerprint density at radius 2 is 1.68 bits per heavy atom. The van der Waals surface area contributed by atoms with Crippen LogP contribution >= 0.6 is 11.3 Å². The highest BCUT2D eigenvalue weighted by atomic mass is 32.1. The molecule has 2 amide bonds. The summed E-state index contributed by atoms with van der Waals surface area (Å²) in [5.74, 6) is 0.463. The molecule has 1 aliphatic carbocycles. The van der Waals surface area contributed by atoms with Crippen molar-refractivity contribution in [3.05, 3.63) is 40.9 Å². The molecular formula is C21H26N4O2S. The summed E-state index contributed by atoms with van der Waals surface area (Å²) in [7, 11) is 0. The number of hydrogen-bond donors (Lipinski definition) is 1. The Hall–Kier alpha value is -2.28. The lowest BCUT2D eigenvalue weighted by Crippen LogP contribution is -2.41. The number of hydrogen-bond acceptors (Lipinski definition) is 5. The van der Waals surface area contributed by atoms with E-state index in [-0.39, 0.29) is 17.7 Å². The molecule has 1 saturated heterocycles. The van der Waals surface area contributed by atoms with E-state index in [1.807, 2.05) is 35.2 Å². The molecule has 0 atom stereocenters. The van der Waals surface area contributed by atoms with Crippen LogP contribution in [-0.2, 0) is 4.79 Å². The van der Waals surface area contributed by atoms with E-state index in [1.165, 1.54) is 43.4 Å². The molecule has 6 nitrogen and oxygen atoms in total. The zero-order valence-corrected chi connectivity index (χ0v) is 16.8. The largest absolute Gasteiger partial charge is 0.339 e. The fourth-order valence-electron chi connectivity index (χ4n) is 4.12. The van der Waals surface area contributed by atoms with Gasteiger partial charge in [0.25, 0.3) is 5.91 Å². The highest BCUT2D eigenvalue weighted by Crippen LogP contribution is 2.35. The van der Waals surface area contributed by atoms with Crippen LogP contribution in [0.15, 0.2) is 30.3 Å². The van der Waals surface area contributed by atoms with Gasteiger partial charge in [-0.25, -0.2) is 0 Å². The zero-order chi connectivity index (χ0) is 19.3. The Kier molecular flexibility index (Phi) is 6.00. The second-order valence-corrected chi connectivity index (χ2v) is 8.71. The first kappa shape index (κ1) is 19.1. The number of nitrogens with zero attached hydrogens (tertiary/aromatic N) is 3. The molecule has 1 N–H and O–H groups in total. The number of piperidine rings is 1. The number of anilines is 1. The van der Waals surface area contributed by atoms with Crippen molar-refractivity contribution >= 4 is 28.3 Å². The van der Waals surface area contributed by atoms with Crippen molar-refractivity contribution in [2.75, 3.05) is 18.4 Å². The van der Waals surface area contributed by atoms with Crippen molar-refractivity contribution in [3.8, 4) is 0 Å². The van der Waals surface area contributed by atoms with Gasteiger partial charge in [0.1, 0.15) is 5.01 Å². The average Bonchev–Trinajstić information content (AvgIpc) is 3.23. The molecule has 2 heterocycles. The topological polar surface area (TPSA) is 75.2 Å². The van der Waals surface area contributed by atoms with Crippen molar-refractivity contribution < 1.29 is 9.59 Å². The van der Waals surface area contributed by atoms with Crippen LogP contribution in [0.4, 0.5) is 5.13 Å². The predicted octanol–water partition coefficient (Wildman–Crippen LogP) is 4.08. The van der Waals surface area contributed by atoms with Gasteiger partial charge in [-0.05, 0) is 37.8 Å². The second-order valence-electron chi connectivity index (χ2n) is 7.70. The Morgan fingerprint density at radius 1 is 0.964 bits per heavy atom. The van der Waals surface area contributed by atoms with Gasteiger partial charge < -0.3 is 10.2 Å². The van der Waals surface area contributed by atoms with Crippen LogP contribution in [0.25, 0.3) is 0 Å². The van der Waals surface area contributed by atoms with Crippen molar-refractivity contribution in [1.82, 2.24) is 15.1 Å². The van der Waals surface area contributed by atoms with Gasteiger partial charge in [-0.1, -0.05) is 48.8 Å². The van der Waals surface area contributed by atoms with E-state index < -0.39 is 0 Å². The maximum absolute atomic E-state index is 12.6. The van der Waals surface area contributed by atoms with Gasteiger partial charge in [0, 0.05) is 30.5 Å². The third kappa shape index (κ3) is 4.41. The Balaban J connectivity index is 1.28. The van der Waals surface area contributed by atoms with Gasteiger partial charge in [0.15, 0.2) is 0 Å². The number of benzene rings is 1. The SMILES string of the molecule is O=C(Nc1nnc(C2CCCCC2)s1)C1CCN(C(=O)c2ccccc2)CC1. The maximum Gasteiger partial charge on any atom is 0.253 e. The van der Waals surface area contributed by atoms with Crippen LogP contribution in [-0.4, -0.2) is 40.0 Å². The van der Waals surface area contributed by atoms with Crippen molar-refractivity contribution in [2.45, 2.75) is 50.9 Å². The first-order chi connectivity index (χ1) is 13.7. The molecule has 0 bridgehead atoms. The van der Waals surface area contributed by atoms with Crippen LogP contribution in [0.3, 0.4) is 0 Å². The molecule has 7 heteroatoms. The molecule has 148 valence electrons.